The van der Waals surface area contributed by atoms with Crippen LogP contribution in [-0.2, 0) is 24.2 Å². The molecule has 9 heteroatoms. The summed E-state index contributed by atoms with van der Waals surface area (Å²) in [4.78, 5) is 36.3. The number of anilines is 1. The maximum atomic E-state index is 12.6. The summed E-state index contributed by atoms with van der Waals surface area (Å²) in [7, 11) is 1.54. The summed E-state index contributed by atoms with van der Waals surface area (Å²) >= 11 is 1.68. The van der Waals surface area contributed by atoms with Crippen molar-refractivity contribution in [2.24, 2.45) is 5.92 Å². The van der Waals surface area contributed by atoms with Crippen LogP contribution in [0.15, 0.2) is 35.4 Å². The van der Waals surface area contributed by atoms with Crippen LogP contribution in [-0.4, -0.2) is 32.2 Å². The Morgan fingerprint density at radius 2 is 2.20 bits per heavy atom. The van der Waals surface area contributed by atoms with Crippen LogP contribution in [0.2, 0.25) is 0 Å². The fourth-order valence-electron chi connectivity index (χ4n) is 4.08. The molecule has 0 bridgehead atoms. The highest BCUT2D eigenvalue weighted by Crippen LogP contribution is 2.38. The molecule has 1 atom stereocenters. The van der Waals surface area contributed by atoms with E-state index >= 15 is 0 Å². The van der Waals surface area contributed by atoms with E-state index in [1.807, 2.05) is 6.07 Å². The average molecular weight is 423 g/mol. The number of thiophene rings is 1. The van der Waals surface area contributed by atoms with E-state index in [1.165, 1.54) is 15.1 Å². The molecule has 0 fully saturated rings. The number of amides is 1. The van der Waals surface area contributed by atoms with Gasteiger partial charge in [0.1, 0.15) is 23.5 Å². The summed E-state index contributed by atoms with van der Waals surface area (Å²) < 4.78 is 8.17. The number of benzene rings is 1. The molecular formula is C21H21N5O3S. The topological polar surface area (TPSA) is 90.5 Å². The molecule has 0 saturated heterocycles. The lowest BCUT2D eigenvalue weighted by molar-refractivity contribution is -0.117. The third-order valence-corrected chi connectivity index (χ3v) is 6.74. The highest BCUT2D eigenvalue weighted by Gasteiger charge is 2.24. The van der Waals surface area contributed by atoms with E-state index in [1.54, 1.807) is 47.5 Å². The third-order valence-electron chi connectivity index (χ3n) is 5.57. The predicted octanol–water partition coefficient (Wildman–Crippen LogP) is 2.88. The van der Waals surface area contributed by atoms with Gasteiger partial charge in [-0.15, -0.1) is 11.3 Å². The summed E-state index contributed by atoms with van der Waals surface area (Å²) in [6, 6.07) is 7.14. The van der Waals surface area contributed by atoms with Gasteiger partial charge in [-0.25, -0.2) is 19.0 Å². The van der Waals surface area contributed by atoms with Gasteiger partial charge in [0.2, 0.25) is 5.91 Å². The van der Waals surface area contributed by atoms with E-state index in [-0.39, 0.29) is 12.5 Å². The second kappa shape index (κ2) is 7.24. The number of fused-ring (bicyclic) bond motifs is 5. The molecule has 0 saturated carbocycles. The van der Waals surface area contributed by atoms with Crippen LogP contribution >= 0.6 is 11.3 Å². The van der Waals surface area contributed by atoms with Gasteiger partial charge >= 0.3 is 5.69 Å². The number of rotatable bonds is 4. The van der Waals surface area contributed by atoms with Gasteiger partial charge in [0.25, 0.3) is 0 Å². The molecule has 1 aromatic carbocycles. The average Bonchev–Trinajstić information content (AvgIpc) is 3.25. The summed E-state index contributed by atoms with van der Waals surface area (Å²) in [5.41, 5.74) is 1.90. The smallest absolute Gasteiger partial charge is 0.365 e. The number of aryl methyl sites for hydroxylation is 1. The Morgan fingerprint density at radius 3 is 3.03 bits per heavy atom. The van der Waals surface area contributed by atoms with E-state index in [0.29, 0.717) is 23.0 Å². The Morgan fingerprint density at radius 1 is 1.37 bits per heavy atom. The van der Waals surface area contributed by atoms with Crippen molar-refractivity contribution in [1.82, 2.24) is 19.2 Å². The molecule has 3 heterocycles. The number of ether oxygens (including phenoxy) is 1. The largest absolute Gasteiger partial charge is 0.495 e. The fourth-order valence-corrected chi connectivity index (χ4v) is 5.42. The predicted molar refractivity (Wildman–Crippen MR) is 115 cm³/mol. The number of para-hydroxylation sites is 2. The van der Waals surface area contributed by atoms with Crippen LogP contribution < -0.4 is 15.7 Å². The van der Waals surface area contributed by atoms with Gasteiger partial charge in [-0.05, 0) is 42.9 Å². The lowest BCUT2D eigenvalue weighted by Crippen LogP contribution is -2.28. The van der Waals surface area contributed by atoms with E-state index in [9.17, 15) is 9.59 Å². The van der Waals surface area contributed by atoms with Gasteiger partial charge in [-0.3, -0.25) is 4.79 Å². The summed E-state index contributed by atoms with van der Waals surface area (Å²) in [6.07, 6.45) is 4.70. The van der Waals surface area contributed by atoms with Crippen LogP contribution in [0.5, 0.6) is 5.75 Å². The first-order valence-corrected chi connectivity index (χ1v) is 10.7. The normalized spacial score (nSPS) is 16.0. The van der Waals surface area contributed by atoms with Gasteiger partial charge in [0, 0.05) is 4.88 Å². The Hall–Kier alpha value is -3.20. The number of methoxy groups -OCH3 is 1. The maximum absolute atomic E-state index is 12.6. The van der Waals surface area contributed by atoms with Gasteiger partial charge in [-0.1, -0.05) is 19.1 Å². The van der Waals surface area contributed by atoms with Gasteiger partial charge in [0.15, 0.2) is 5.65 Å². The van der Waals surface area contributed by atoms with Gasteiger partial charge < -0.3 is 10.1 Å². The molecule has 0 spiro atoms. The molecule has 1 unspecified atom stereocenters. The monoisotopic (exact) mass is 423 g/mol. The maximum Gasteiger partial charge on any atom is 0.365 e. The zero-order valence-corrected chi connectivity index (χ0v) is 17.5. The Labute approximate surface area is 176 Å². The Balaban J connectivity index is 1.52. The zero-order chi connectivity index (χ0) is 20.8. The minimum absolute atomic E-state index is 0.172. The first-order valence-electron chi connectivity index (χ1n) is 9.86. The standard InChI is InChI=1S/C21H21N5O3S/c1-12-7-8-13-16(9-12)30-20-18(13)19-24-21(28)25(26(19)11-22-20)10-17(27)23-14-5-3-4-6-15(14)29-2/h3-6,11-12H,7-10H2,1-2H3,(H,23,27). The van der Waals surface area contributed by atoms with Crippen molar-refractivity contribution in [1.29, 1.82) is 0 Å². The zero-order valence-electron chi connectivity index (χ0n) is 16.7. The first-order chi connectivity index (χ1) is 14.5. The third kappa shape index (κ3) is 3.06. The quantitative estimate of drug-likeness (QED) is 0.545. The Kier molecular flexibility index (Phi) is 4.54. The second-order valence-corrected chi connectivity index (χ2v) is 8.73. The van der Waals surface area contributed by atoms with Crippen molar-refractivity contribution in [2.45, 2.75) is 32.7 Å². The fraction of sp³-hybridized carbons (Fsp3) is 0.333. The highest BCUT2D eigenvalue weighted by molar-refractivity contribution is 7.19. The van der Waals surface area contributed by atoms with Crippen LogP contribution in [0.25, 0.3) is 15.9 Å². The number of carbonyl (C=O) groups excluding carboxylic acids is 1. The van der Waals surface area contributed by atoms with Crippen LogP contribution in [0.1, 0.15) is 23.8 Å². The first kappa shape index (κ1) is 18.8. The SMILES string of the molecule is COc1ccccc1NC(=O)Cn1c(=O)nc2c3c4c(sc3ncn21)CC(C)CC4. The van der Waals surface area contributed by atoms with E-state index in [2.05, 4.69) is 22.2 Å². The van der Waals surface area contributed by atoms with Crippen molar-refractivity contribution < 1.29 is 9.53 Å². The van der Waals surface area contributed by atoms with Crippen LogP contribution in [0.3, 0.4) is 0 Å². The summed E-state index contributed by atoms with van der Waals surface area (Å²) in [5.74, 6) is 0.864. The molecule has 0 radical (unpaired) electrons. The number of hydrogen-bond acceptors (Lipinski definition) is 6. The van der Waals surface area contributed by atoms with Crippen molar-refractivity contribution in [3.05, 3.63) is 51.5 Å². The van der Waals surface area contributed by atoms with Crippen LogP contribution in [0.4, 0.5) is 5.69 Å². The Bertz CT molecular complexity index is 1340. The summed E-state index contributed by atoms with van der Waals surface area (Å²) in [6.45, 7) is 2.09. The molecule has 5 rings (SSSR count). The molecule has 30 heavy (non-hydrogen) atoms. The number of carbonyl (C=O) groups is 1. The van der Waals surface area contributed by atoms with Crippen molar-refractivity contribution >= 4 is 38.8 Å². The number of hydrogen-bond donors (Lipinski definition) is 1. The van der Waals surface area contributed by atoms with E-state index < -0.39 is 5.69 Å². The lowest BCUT2D eigenvalue weighted by atomic mass is 9.89. The number of nitrogens with zero attached hydrogens (tertiary/aromatic N) is 4. The molecule has 4 aromatic rings. The number of aromatic nitrogens is 4. The lowest BCUT2D eigenvalue weighted by Gasteiger charge is -2.17. The molecular weight excluding hydrogens is 402 g/mol. The molecule has 8 nitrogen and oxygen atoms in total. The van der Waals surface area contributed by atoms with E-state index in [0.717, 1.165) is 29.5 Å². The minimum atomic E-state index is -0.469. The van der Waals surface area contributed by atoms with Crippen LogP contribution in [0, 0.1) is 5.92 Å². The van der Waals surface area contributed by atoms with Gasteiger partial charge in [0.05, 0.1) is 18.2 Å². The highest BCUT2D eigenvalue weighted by atomic mass is 32.1. The van der Waals surface area contributed by atoms with Crippen molar-refractivity contribution in [3.8, 4) is 5.75 Å². The molecule has 3 aromatic heterocycles. The van der Waals surface area contributed by atoms with Gasteiger partial charge in [-0.2, -0.15) is 4.98 Å². The van der Waals surface area contributed by atoms with Crippen molar-refractivity contribution in [3.63, 3.8) is 0 Å². The molecule has 154 valence electrons. The van der Waals surface area contributed by atoms with Crippen molar-refractivity contribution in [2.75, 3.05) is 12.4 Å². The molecule has 0 aliphatic heterocycles. The molecule has 1 aliphatic carbocycles. The summed E-state index contributed by atoms with van der Waals surface area (Å²) in [5, 5.41) is 3.74. The molecule has 1 N–H and O–H groups in total. The minimum Gasteiger partial charge on any atom is -0.495 e. The second-order valence-electron chi connectivity index (χ2n) is 7.65. The molecule has 1 aliphatic rings. The van der Waals surface area contributed by atoms with E-state index in [4.69, 9.17) is 4.74 Å². The number of nitrogens with one attached hydrogen (secondary N) is 1. The molecule has 1 amide bonds.